The standard InChI is InChI=1S/C31H39N7O6/c39-27-25-17-22(38-35-26(34-36-38)20-11-5-4-6-12-20)19-37(25)28(40)24(32-30(43)44-23-14-9-10-15-23)16-8-3-1-2-7-13-21-18-31(21,33-27)29(41)42/h4-7,11-13,21-25H,1-3,8-10,14-19H2,(H,32,43)(H,33,39)(H,41,42)/t21?,22-,24+,25+,31-/m1/s1. The molecule has 2 aliphatic carbocycles. The molecular formula is C31H39N7O6. The van der Waals surface area contributed by atoms with E-state index in [0.717, 1.165) is 50.5 Å². The Kier molecular flexibility index (Phi) is 8.62. The van der Waals surface area contributed by atoms with Crippen LogP contribution in [-0.2, 0) is 19.1 Å². The van der Waals surface area contributed by atoms with Gasteiger partial charge in [-0.1, -0.05) is 55.3 Å². The highest BCUT2D eigenvalue weighted by Gasteiger charge is 2.61. The van der Waals surface area contributed by atoms with Gasteiger partial charge in [0, 0.05) is 24.4 Å². The van der Waals surface area contributed by atoms with Crippen LogP contribution in [0.25, 0.3) is 11.4 Å². The maximum atomic E-state index is 14.2. The first kappa shape index (κ1) is 29.8. The van der Waals surface area contributed by atoms with E-state index in [1.807, 2.05) is 42.5 Å². The Bertz CT molecular complexity index is 1410. The summed E-state index contributed by atoms with van der Waals surface area (Å²) in [7, 11) is 0. The van der Waals surface area contributed by atoms with Crippen LogP contribution in [0.4, 0.5) is 4.79 Å². The number of nitrogens with zero attached hydrogens (tertiary/aromatic N) is 5. The second kappa shape index (κ2) is 12.7. The Morgan fingerprint density at radius 3 is 2.59 bits per heavy atom. The number of carboxylic acids is 1. The molecule has 6 rings (SSSR count). The fourth-order valence-electron chi connectivity index (χ4n) is 6.66. The summed E-state index contributed by atoms with van der Waals surface area (Å²) >= 11 is 0. The zero-order chi connectivity index (χ0) is 30.7. The molecule has 44 heavy (non-hydrogen) atoms. The number of aliphatic carboxylic acids is 1. The van der Waals surface area contributed by atoms with Crippen LogP contribution in [0.1, 0.15) is 76.7 Å². The average Bonchev–Trinajstić information content (AvgIpc) is 3.49. The molecule has 2 aromatic rings. The number of amides is 3. The molecular weight excluding hydrogens is 566 g/mol. The van der Waals surface area contributed by atoms with Crippen LogP contribution in [0.2, 0.25) is 0 Å². The van der Waals surface area contributed by atoms with Crippen molar-refractivity contribution < 1.29 is 29.0 Å². The van der Waals surface area contributed by atoms with Crippen LogP contribution in [0.15, 0.2) is 42.5 Å². The minimum absolute atomic E-state index is 0.0980. The molecule has 5 atom stereocenters. The number of hydrogen-bond donors (Lipinski definition) is 3. The van der Waals surface area contributed by atoms with Crippen molar-refractivity contribution in [2.24, 2.45) is 5.92 Å². The van der Waals surface area contributed by atoms with Crippen molar-refractivity contribution in [3.05, 3.63) is 42.5 Å². The summed E-state index contributed by atoms with van der Waals surface area (Å²) in [6.07, 6.45) is 10.6. The lowest BCUT2D eigenvalue weighted by Gasteiger charge is -2.29. The molecule has 2 aliphatic heterocycles. The number of ether oxygens (including phenoxy) is 1. The van der Waals surface area contributed by atoms with Gasteiger partial charge in [-0.3, -0.25) is 9.59 Å². The van der Waals surface area contributed by atoms with Crippen LogP contribution in [-0.4, -0.2) is 84.4 Å². The fourth-order valence-corrected chi connectivity index (χ4v) is 6.66. The highest BCUT2D eigenvalue weighted by atomic mass is 16.6. The number of benzene rings is 1. The van der Waals surface area contributed by atoms with Crippen molar-refractivity contribution in [1.29, 1.82) is 0 Å². The Morgan fingerprint density at radius 1 is 1.05 bits per heavy atom. The van der Waals surface area contributed by atoms with Gasteiger partial charge in [0.2, 0.25) is 17.6 Å². The van der Waals surface area contributed by atoms with Gasteiger partial charge < -0.3 is 25.4 Å². The van der Waals surface area contributed by atoms with E-state index in [9.17, 15) is 24.3 Å². The van der Waals surface area contributed by atoms with Crippen molar-refractivity contribution in [3.8, 4) is 11.4 Å². The molecule has 0 spiro atoms. The number of tetrazole rings is 1. The van der Waals surface area contributed by atoms with Crippen molar-refractivity contribution >= 4 is 23.9 Å². The summed E-state index contributed by atoms with van der Waals surface area (Å²) in [5, 5.41) is 28.6. The largest absolute Gasteiger partial charge is 0.479 e. The molecule has 3 fully saturated rings. The van der Waals surface area contributed by atoms with Gasteiger partial charge in [0.25, 0.3) is 0 Å². The maximum absolute atomic E-state index is 14.2. The number of alkyl carbamates (subject to hydrolysis) is 1. The van der Waals surface area contributed by atoms with E-state index in [2.05, 4.69) is 26.0 Å². The minimum atomic E-state index is -1.41. The zero-order valence-corrected chi connectivity index (χ0v) is 24.6. The normalized spacial score (nSPS) is 29.6. The third-order valence-corrected chi connectivity index (χ3v) is 9.29. The van der Waals surface area contributed by atoms with Crippen LogP contribution in [0, 0.1) is 5.92 Å². The molecule has 1 unspecified atom stereocenters. The number of aromatic nitrogens is 4. The SMILES string of the molecule is O=C(N[C@H]1CCCCCC=CC2C[C@@]2(C(=O)O)NC(=O)[C@@H]2C[C@@H](n3nnc(-c4ccccc4)n3)CN2C1=O)OC1CCCC1. The van der Waals surface area contributed by atoms with Gasteiger partial charge in [-0.2, -0.15) is 4.80 Å². The maximum Gasteiger partial charge on any atom is 0.408 e. The van der Waals surface area contributed by atoms with E-state index in [-0.39, 0.29) is 31.4 Å². The van der Waals surface area contributed by atoms with Gasteiger partial charge in [-0.25, -0.2) is 9.59 Å². The highest BCUT2D eigenvalue weighted by molar-refractivity contribution is 5.96. The van der Waals surface area contributed by atoms with Gasteiger partial charge in [-0.05, 0) is 56.6 Å². The summed E-state index contributed by atoms with van der Waals surface area (Å²) in [6.45, 7) is 0.0980. The van der Waals surface area contributed by atoms with E-state index in [1.54, 1.807) is 0 Å². The molecule has 3 N–H and O–H groups in total. The van der Waals surface area contributed by atoms with Crippen LogP contribution < -0.4 is 10.6 Å². The quantitative estimate of drug-likeness (QED) is 0.434. The molecule has 13 nitrogen and oxygen atoms in total. The molecule has 1 aromatic carbocycles. The van der Waals surface area contributed by atoms with Crippen molar-refractivity contribution in [2.75, 3.05) is 6.54 Å². The van der Waals surface area contributed by atoms with E-state index >= 15 is 0 Å². The number of carboxylic acid groups (broad SMARTS) is 1. The van der Waals surface area contributed by atoms with Crippen LogP contribution in [0.5, 0.6) is 0 Å². The first-order valence-corrected chi connectivity index (χ1v) is 15.7. The van der Waals surface area contributed by atoms with E-state index in [0.29, 0.717) is 18.7 Å². The summed E-state index contributed by atoms with van der Waals surface area (Å²) in [5.41, 5.74) is -0.628. The zero-order valence-electron chi connectivity index (χ0n) is 24.6. The Hall–Kier alpha value is -4.29. The molecule has 0 radical (unpaired) electrons. The molecule has 1 saturated heterocycles. The predicted octanol–water partition coefficient (Wildman–Crippen LogP) is 3.00. The molecule has 3 heterocycles. The second-order valence-electron chi connectivity index (χ2n) is 12.3. The van der Waals surface area contributed by atoms with Gasteiger partial charge in [0.05, 0.1) is 6.04 Å². The predicted molar refractivity (Wildman–Crippen MR) is 157 cm³/mol. The number of allylic oxidation sites excluding steroid dienone is 1. The first-order chi connectivity index (χ1) is 21.3. The van der Waals surface area contributed by atoms with E-state index in [4.69, 9.17) is 4.74 Å². The van der Waals surface area contributed by atoms with Crippen molar-refractivity contribution in [2.45, 2.75) is 100 Å². The summed E-state index contributed by atoms with van der Waals surface area (Å²) in [4.78, 5) is 56.1. The molecule has 13 heteroatoms. The lowest BCUT2D eigenvalue weighted by molar-refractivity contribution is -0.145. The lowest BCUT2D eigenvalue weighted by atomic mass is 10.0. The smallest absolute Gasteiger partial charge is 0.408 e. The van der Waals surface area contributed by atoms with E-state index < -0.39 is 47.5 Å². The Labute approximate surface area is 255 Å². The summed E-state index contributed by atoms with van der Waals surface area (Å²) in [6, 6.07) is 6.99. The fraction of sp³-hybridized carbons (Fsp3) is 0.581. The van der Waals surface area contributed by atoms with Crippen molar-refractivity contribution in [3.63, 3.8) is 0 Å². The first-order valence-electron chi connectivity index (χ1n) is 15.7. The van der Waals surface area contributed by atoms with Crippen LogP contribution in [0.3, 0.4) is 0 Å². The number of nitrogens with one attached hydrogen (secondary N) is 2. The average molecular weight is 606 g/mol. The van der Waals surface area contributed by atoms with Gasteiger partial charge in [0.15, 0.2) is 0 Å². The number of rotatable bonds is 5. The van der Waals surface area contributed by atoms with E-state index in [1.165, 1.54) is 9.70 Å². The van der Waals surface area contributed by atoms with Gasteiger partial charge >= 0.3 is 12.1 Å². The molecule has 1 aromatic heterocycles. The lowest BCUT2D eigenvalue weighted by Crippen LogP contribution is -2.56. The Balaban J connectivity index is 1.27. The number of fused-ring (bicyclic) bond motifs is 2. The monoisotopic (exact) mass is 605 g/mol. The topological polar surface area (TPSA) is 169 Å². The minimum Gasteiger partial charge on any atom is -0.479 e. The molecule has 234 valence electrons. The highest BCUT2D eigenvalue weighted by Crippen LogP contribution is 2.45. The molecule has 3 amide bonds. The number of carbonyl (C=O) groups excluding carboxylic acids is 3. The second-order valence-corrected chi connectivity index (χ2v) is 12.3. The molecule has 2 saturated carbocycles. The van der Waals surface area contributed by atoms with Gasteiger partial charge in [0.1, 0.15) is 23.7 Å². The number of hydrogen-bond acceptors (Lipinski definition) is 8. The molecule has 0 bridgehead atoms. The summed E-state index contributed by atoms with van der Waals surface area (Å²) < 4.78 is 5.61. The number of carbonyl (C=O) groups is 4. The third kappa shape index (κ3) is 6.31. The molecule has 4 aliphatic rings. The summed E-state index contributed by atoms with van der Waals surface area (Å²) in [5.74, 6) is -1.97. The van der Waals surface area contributed by atoms with Crippen molar-refractivity contribution in [1.82, 2.24) is 35.7 Å². The third-order valence-electron chi connectivity index (χ3n) is 9.29. The Morgan fingerprint density at radius 2 is 1.82 bits per heavy atom. The van der Waals surface area contributed by atoms with Gasteiger partial charge in [-0.15, -0.1) is 10.2 Å². The van der Waals surface area contributed by atoms with Crippen LogP contribution >= 0.6 is 0 Å².